The van der Waals surface area contributed by atoms with E-state index >= 15 is 0 Å². The van der Waals surface area contributed by atoms with Gasteiger partial charge in [-0.15, -0.1) is 0 Å². The molecule has 1 heterocycles. The van der Waals surface area contributed by atoms with E-state index < -0.39 is 5.60 Å². The van der Waals surface area contributed by atoms with Crippen LogP contribution >= 0.6 is 23.2 Å². The quantitative estimate of drug-likeness (QED) is 0.298. The standard InChI is InChI=1S/C36H37Cl2N3O/c1-8-41(9-2)29-15-12-25(13-16-29)10-11-26-18-27(22-35(4,5)21-26)19-31-30(23-39)34(24(3)40-7)42-36(31,6)28-14-17-32(37)33(38)20-28/h10-20H,8-9,21-22H2,1-6H3/b11-10+,27-19-,34-24-. The van der Waals surface area contributed by atoms with Crippen molar-refractivity contribution in [2.45, 2.75) is 60.0 Å². The van der Waals surface area contributed by atoms with Gasteiger partial charge in [0.2, 0.25) is 5.70 Å². The maximum absolute atomic E-state index is 10.3. The Morgan fingerprint density at radius 1 is 1.05 bits per heavy atom. The second-order valence-electron chi connectivity index (χ2n) is 11.7. The van der Waals surface area contributed by atoms with E-state index in [4.69, 9.17) is 34.5 Å². The van der Waals surface area contributed by atoms with E-state index in [1.165, 1.54) is 11.3 Å². The Morgan fingerprint density at radius 3 is 2.33 bits per heavy atom. The summed E-state index contributed by atoms with van der Waals surface area (Å²) in [6.07, 6.45) is 10.4. The molecule has 0 amide bonds. The van der Waals surface area contributed by atoms with Crippen molar-refractivity contribution in [3.63, 3.8) is 0 Å². The Kier molecular flexibility index (Phi) is 9.42. The number of hydrogen-bond acceptors (Lipinski definition) is 3. The van der Waals surface area contributed by atoms with Crippen LogP contribution < -0.4 is 4.90 Å². The highest BCUT2D eigenvalue weighted by molar-refractivity contribution is 6.42. The van der Waals surface area contributed by atoms with Gasteiger partial charge in [-0.05, 0) is 86.9 Å². The van der Waals surface area contributed by atoms with E-state index in [-0.39, 0.29) is 5.41 Å². The van der Waals surface area contributed by atoms with Gasteiger partial charge in [-0.2, -0.15) is 5.26 Å². The number of hydrogen-bond donors (Lipinski definition) is 0. The fourth-order valence-electron chi connectivity index (χ4n) is 5.79. The zero-order valence-electron chi connectivity index (χ0n) is 25.2. The molecule has 4 nitrogen and oxygen atoms in total. The summed E-state index contributed by atoms with van der Waals surface area (Å²) < 4.78 is 6.45. The molecule has 2 aromatic rings. The zero-order valence-corrected chi connectivity index (χ0v) is 26.7. The van der Waals surface area contributed by atoms with E-state index in [9.17, 15) is 5.26 Å². The van der Waals surface area contributed by atoms with E-state index in [0.717, 1.165) is 42.6 Å². The molecule has 1 aliphatic carbocycles. The summed E-state index contributed by atoms with van der Waals surface area (Å²) in [6.45, 7) is 22.0. The molecule has 4 rings (SSSR count). The molecule has 0 spiro atoms. The Bertz CT molecular complexity index is 1610. The fourth-order valence-corrected chi connectivity index (χ4v) is 6.08. The minimum absolute atomic E-state index is 0.0186. The third kappa shape index (κ3) is 6.52. The number of nitrogens with zero attached hydrogens (tertiary/aromatic N) is 3. The lowest BCUT2D eigenvalue weighted by Gasteiger charge is -2.32. The Balaban J connectivity index is 1.78. The van der Waals surface area contributed by atoms with E-state index in [1.54, 1.807) is 19.1 Å². The largest absolute Gasteiger partial charge is 0.488 e. The summed E-state index contributed by atoms with van der Waals surface area (Å²) in [5, 5.41) is 11.1. The first-order valence-electron chi connectivity index (χ1n) is 14.3. The van der Waals surface area contributed by atoms with Crippen LogP contribution in [0.5, 0.6) is 0 Å². The molecule has 0 radical (unpaired) electrons. The van der Waals surface area contributed by atoms with Crippen LogP contribution in [0.15, 0.2) is 94.4 Å². The van der Waals surface area contributed by atoms with Crippen molar-refractivity contribution < 1.29 is 4.74 Å². The molecular weight excluding hydrogens is 561 g/mol. The summed E-state index contributed by atoms with van der Waals surface area (Å²) in [5.74, 6) is 0.306. The maximum atomic E-state index is 10.3. The normalized spacial score (nSPS) is 22.0. The predicted octanol–water partition coefficient (Wildman–Crippen LogP) is 10.4. The minimum Gasteiger partial charge on any atom is -0.488 e. The van der Waals surface area contributed by atoms with Crippen molar-refractivity contribution >= 4 is 35.0 Å². The van der Waals surface area contributed by atoms with Crippen LogP contribution in [0.4, 0.5) is 5.69 Å². The Morgan fingerprint density at radius 2 is 1.74 bits per heavy atom. The minimum atomic E-state index is -1.02. The highest BCUT2D eigenvalue weighted by Gasteiger charge is 2.43. The highest BCUT2D eigenvalue weighted by atomic mass is 35.5. The van der Waals surface area contributed by atoms with Crippen LogP contribution in [0, 0.1) is 23.3 Å². The number of anilines is 1. The molecule has 2 aliphatic rings. The molecule has 1 unspecified atom stereocenters. The molecule has 1 aliphatic heterocycles. The molecule has 0 bridgehead atoms. The van der Waals surface area contributed by atoms with Crippen LogP contribution in [-0.2, 0) is 10.3 Å². The van der Waals surface area contributed by atoms with Crippen LogP contribution in [0.2, 0.25) is 10.0 Å². The molecule has 0 fully saturated rings. The monoisotopic (exact) mass is 597 g/mol. The predicted molar refractivity (Wildman–Crippen MR) is 175 cm³/mol. The van der Waals surface area contributed by atoms with E-state index in [2.05, 4.69) is 92.1 Å². The van der Waals surface area contributed by atoms with Crippen LogP contribution in [0.1, 0.15) is 65.5 Å². The Labute approximate surface area is 260 Å². The van der Waals surface area contributed by atoms with Gasteiger partial charge in [0.15, 0.2) is 5.60 Å². The van der Waals surface area contributed by atoms with Gasteiger partial charge in [0.1, 0.15) is 11.8 Å². The summed E-state index contributed by atoms with van der Waals surface area (Å²) >= 11 is 12.6. The topological polar surface area (TPSA) is 40.6 Å². The molecule has 0 saturated carbocycles. The molecule has 1 atom stereocenters. The smallest absolute Gasteiger partial charge is 0.204 e. The van der Waals surface area contributed by atoms with Crippen molar-refractivity contribution in [2.75, 3.05) is 18.0 Å². The lowest BCUT2D eigenvalue weighted by molar-refractivity contribution is 0.0747. The average molecular weight is 599 g/mol. The van der Waals surface area contributed by atoms with Crippen LogP contribution in [0.25, 0.3) is 10.9 Å². The van der Waals surface area contributed by atoms with Crippen molar-refractivity contribution in [1.82, 2.24) is 0 Å². The molecule has 6 heteroatoms. The lowest BCUT2D eigenvalue weighted by Crippen LogP contribution is -2.24. The SMILES string of the molecule is [C-]#[N+]/C(C)=C1\OC(C)(c2ccc(Cl)c(Cl)c2)C(/C=C2C=C(/C=C/c3ccc(N(CC)CC)cc3)CC(C)(C)C/2)=C1C#N. The van der Waals surface area contributed by atoms with Gasteiger partial charge in [0.25, 0.3) is 0 Å². The molecule has 0 saturated heterocycles. The van der Waals surface area contributed by atoms with E-state index in [1.807, 2.05) is 13.0 Å². The number of allylic oxidation sites excluding steroid dienone is 6. The van der Waals surface area contributed by atoms with Gasteiger partial charge in [-0.25, -0.2) is 4.85 Å². The molecule has 216 valence electrons. The van der Waals surface area contributed by atoms with Gasteiger partial charge < -0.3 is 9.64 Å². The summed E-state index contributed by atoms with van der Waals surface area (Å²) in [6, 6.07) is 16.4. The first-order chi connectivity index (χ1) is 19.9. The van der Waals surface area contributed by atoms with E-state index in [0.29, 0.717) is 32.6 Å². The highest BCUT2D eigenvalue weighted by Crippen LogP contribution is 2.49. The Hall–Kier alpha value is -3.70. The molecule has 42 heavy (non-hydrogen) atoms. The third-order valence-electron chi connectivity index (χ3n) is 7.97. The second kappa shape index (κ2) is 12.7. The third-order valence-corrected chi connectivity index (χ3v) is 8.71. The van der Waals surface area contributed by atoms with Crippen molar-refractivity contribution in [1.29, 1.82) is 5.26 Å². The van der Waals surface area contributed by atoms with Crippen LogP contribution in [0.3, 0.4) is 0 Å². The average Bonchev–Trinajstić information content (AvgIpc) is 3.25. The number of benzene rings is 2. The summed E-state index contributed by atoms with van der Waals surface area (Å²) in [7, 11) is 0. The van der Waals surface area contributed by atoms with Crippen LogP contribution in [-0.4, -0.2) is 13.1 Å². The molecular formula is C36H37Cl2N3O. The van der Waals surface area contributed by atoms with Crippen molar-refractivity contribution in [3.8, 4) is 6.07 Å². The first-order valence-corrected chi connectivity index (χ1v) is 15.0. The molecule has 0 aromatic heterocycles. The van der Waals surface area contributed by atoms with Crippen molar-refractivity contribution in [3.05, 3.63) is 127 Å². The number of rotatable bonds is 7. The summed E-state index contributed by atoms with van der Waals surface area (Å²) in [5.41, 5.74) is 5.86. The fraction of sp³-hybridized carbons (Fsp3) is 0.333. The maximum Gasteiger partial charge on any atom is 0.204 e. The first kappa shape index (κ1) is 31.2. The second-order valence-corrected chi connectivity index (χ2v) is 12.6. The van der Waals surface area contributed by atoms with Gasteiger partial charge in [-0.1, -0.05) is 79.6 Å². The van der Waals surface area contributed by atoms with Gasteiger partial charge in [0, 0.05) is 29.9 Å². The zero-order chi connectivity index (χ0) is 30.7. The molecule has 0 N–H and O–H groups in total. The van der Waals surface area contributed by atoms with Gasteiger partial charge in [-0.3, -0.25) is 0 Å². The lowest BCUT2D eigenvalue weighted by atomic mass is 9.74. The number of nitriles is 1. The molecule has 2 aromatic carbocycles. The van der Waals surface area contributed by atoms with Gasteiger partial charge in [0.05, 0.1) is 22.2 Å². The number of ether oxygens (including phenoxy) is 1. The number of halogens is 2. The van der Waals surface area contributed by atoms with Gasteiger partial charge >= 0.3 is 0 Å². The van der Waals surface area contributed by atoms with Crippen molar-refractivity contribution in [2.24, 2.45) is 5.41 Å². The summed E-state index contributed by atoms with van der Waals surface area (Å²) in [4.78, 5) is 5.91.